The third-order valence-electron chi connectivity index (χ3n) is 3.63. The maximum atomic E-state index is 12.0. The van der Waals surface area contributed by atoms with Crippen LogP contribution in [0.3, 0.4) is 0 Å². The van der Waals surface area contributed by atoms with Crippen LogP contribution in [0, 0.1) is 0 Å². The van der Waals surface area contributed by atoms with Crippen molar-refractivity contribution in [1.29, 1.82) is 0 Å². The molecule has 4 heteroatoms. The van der Waals surface area contributed by atoms with E-state index in [9.17, 15) is 4.79 Å². The summed E-state index contributed by atoms with van der Waals surface area (Å²) in [6.07, 6.45) is 3.24. The summed E-state index contributed by atoms with van der Waals surface area (Å²) >= 11 is 0. The molecule has 0 aliphatic heterocycles. The van der Waals surface area contributed by atoms with Gasteiger partial charge in [-0.2, -0.15) is 5.10 Å². The van der Waals surface area contributed by atoms with Crippen LogP contribution in [0.25, 0.3) is 0 Å². The van der Waals surface area contributed by atoms with Crippen molar-refractivity contribution in [2.75, 3.05) is 0 Å². The van der Waals surface area contributed by atoms with Crippen LogP contribution in [-0.4, -0.2) is 16.1 Å². The van der Waals surface area contributed by atoms with Crippen molar-refractivity contribution in [3.8, 4) is 0 Å². The summed E-state index contributed by atoms with van der Waals surface area (Å²) in [5, 5.41) is 6.83. The van der Waals surface area contributed by atoms with Gasteiger partial charge < -0.3 is 5.73 Å². The maximum Gasteiger partial charge on any atom is 0.234 e. The van der Waals surface area contributed by atoms with Gasteiger partial charge >= 0.3 is 0 Å². The van der Waals surface area contributed by atoms with Gasteiger partial charge in [0.15, 0.2) is 0 Å². The van der Waals surface area contributed by atoms with Gasteiger partial charge in [0.1, 0.15) is 5.41 Å². The number of aryl methyl sites for hydroxylation is 1. The van der Waals surface area contributed by atoms with E-state index in [-0.39, 0.29) is 5.91 Å². The van der Waals surface area contributed by atoms with Crippen molar-refractivity contribution < 1.29 is 4.79 Å². The minimum absolute atomic E-state index is 0.313. The number of amides is 1. The number of primary amides is 1. The number of nitrogens with one attached hydrogen (secondary N) is 1. The van der Waals surface area contributed by atoms with Gasteiger partial charge in [-0.05, 0) is 30.0 Å². The Kier molecular flexibility index (Phi) is 2.04. The van der Waals surface area contributed by atoms with E-state index in [0.717, 1.165) is 17.7 Å². The minimum atomic E-state index is -0.729. The highest BCUT2D eigenvalue weighted by molar-refractivity contribution is 5.91. The number of rotatable bonds is 2. The molecule has 1 amide bonds. The molecule has 17 heavy (non-hydrogen) atoms. The maximum absolute atomic E-state index is 12.0. The van der Waals surface area contributed by atoms with Gasteiger partial charge in [0.2, 0.25) is 5.91 Å². The zero-order valence-electron chi connectivity index (χ0n) is 9.31. The van der Waals surface area contributed by atoms with Gasteiger partial charge in [0.05, 0.1) is 5.69 Å². The fourth-order valence-corrected chi connectivity index (χ4v) is 2.77. The topological polar surface area (TPSA) is 71.8 Å². The average Bonchev–Trinajstić information content (AvgIpc) is 2.96. The summed E-state index contributed by atoms with van der Waals surface area (Å²) < 4.78 is 0. The molecule has 1 heterocycles. The lowest BCUT2D eigenvalue weighted by Gasteiger charge is -2.25. The molecule has 2 aromatic rings. The second-order valence-corrected chi connectivity index (χ2v) is 4.40. The van der Waals surface area contributed by atoms with Crippen molar-refractivity contribution >= 4 is 5.91 Å². The second kappa shape index (κ2) is 3.45. The summed E-state index contributed by atoms with van der Waals surface area (Å²) in [7, 11) is 0. The molecular formula is C13H13N3O. The van der Waals surface area contributed by atoms with E-state index in [1.165, 1.54) is 5.56 Å². The third kappa shape index (κ3) is 1.24. The summed E-state index contributed by atoms with van der Waals surface area (Å²) in [5.74, 6) is -0.313. The second-order valence-electron chi connectivity index (χ2n) is 4.40. The molecule has 0 saturated heterocycles. The molecule has 0 bridgehead atoms. The number of benzene rings is 1. The summed E-state index contributed by atoms with van der Waals surface area (Å²) in [4.78, 5) is 12.0. The van der Waals surface area contributed by atoms with E-state index in [0.29, 0.717) is 6.42 Å². The first-order valence-electron chi connectivity index (χ1n) is 5.63. The van der Waals surface area contributed by atoms with Gasteiger partial charge in [0, 0.05) is 6.20 Å². The normalized spacial score (nSPS) is 22.4. The lowest BCUT2D eigenvalue weighted by Crippen LogP contribution is -2.40. The SMILES string of the molecule is NC(=O)C1(c2ccn[nH]2)CCc2ccccc21. The van der Waals surface area contributed by atoms with Crippen LogP contribution >= 0.6 is 0 Å². The number of hydrogen-bond acceptors (Lipinski definition) is 2. The zero-order chi connectivity index (χ0) is 11.9. The quantitative estimate of drug-likeness (QED) is 0.807. The molecule has 3 rings (SSSR count). The Bertz CT molecular complexity index is 562. The van der Waals surface area contributed by atoms with Crippen molar-refractivity contribution in [1.82, 2.24) is 10.2 Å². The fourth-order valence-electron chi connectivity index (χ4n) is 2.77. The minimum Gasteiger partial charge on any atom is -0.369 e. The Labute approximate surface area is 98.8 Å². The number of carbonyl (C=O) groups excluding carboxylic acids is 1. The summed E-state index contributed by atoms with van der Waals surface area (Å²) in [6, 6.07) is 9.79. The number of nitrogens with two attached hydrogens (primary N) is 1. The van der Waals surface area contributed by atoms with Crippen LogP contribution in [0.5, 0.6) is 0 Å². The molecule has 4 nitrogen and oxygen atoms in total. The molecule has 1 aromatic heterocycles. The van der Waals surface area contributed by atoms with Gasteiger partial charge in [0.25, 0.3) is 0 Å². The molecule has 1 atom stereocenters. The largest absolute Gasteiger partial charge is 0.369 e. The van der Waals surface area contributed by atoms with E-state index >= 15 is 0 Å². The molecule has 3 N–H and O–H groups in total. The predicted molar refractivity (Wildman–Crippen MR) is 63.3 cm³/mol. The van der Waals surface area contributed by atoms with Crippen molar-refractivity contribution in [3.63, 3.8) is 0 Å². The fraction of sp³-hybridized carbons (Fsp3) is 0.231. The van der Waals surface area contributed by atoms with Crippen LogP contribution in [-0.2, 0) is 16.6 Å². The lowest BCUT2D eigenvalue weighted by atomic mass is 9.78. The molecule has 1 aliphatic carbocycles. The number of carbonyl (C=O) groups is 1. The molecule has 1 aromatic carbocycles. The van der Waals surface area contributed by atoms with Crippen LogP contribution in [0.1, 0.15) is 23.2 Å². The van der Waals surface area contributed by atoms with Crippen molar-refractivity contribution in [2.24, 2.45) is 5.73 Å². The molecule has 0 saturated carbocycles. The molecule has 86 valence electrons. The standard InChI is InChI=1S/C13H13N3O/c14-12(17)13(11-6-8-15-16-11)7-5-9-3-1-2-4-10(9)13/h1-4,6,8H,5,7H2,(H2,14,17)(H,15,16). The Morgan fingerprint density at radius 1 is 1.35 bits per heavy atom. The Hall–Kier alpha value is -2.10. The van der Waals surface area contributed by atoms with Gasteiger partial charge in [-0.15, -0.1) is 0 Å². The first-order valence-corrected chi connectivity index (χ1v) is 5.63. The first-order chi connectivity index (χ1) is 8.25. The van der Waals surface area contributed by atoms with Crippen LogP contribution in [0.15, 0.2) is 36.5 Å². The van der Waals surface area contributed by atoms with E-state index in [2.05, 4.69) is 16.3 Å². The number of hydrogen-bond donors (Lipinski definition) is 2. The van der Waals surface area contributed by atoms with E-state index in [1.807, 2.05) is 24.3 Å². The average molecular weight is 227 g/mol. The predicted octanol–water partition coefficient (Wildman–Crippen LogP) is 1.13. The molecular weight excluding hydrogens is 214 g/mol. The smallest absolute Gasteiger partial charge is 0.234 e. The number of aromatic nitrogens is 2. The highest BCUT2D eigenvalue weighted by atomic mass is 16.1. The summed E-state index contributed by atoms with van der Waals surface area (Å²) in [6.45, 7) is 0. The van der Waals surface area contributed by atoms with Crippen LogP contribution in [0.2, 0.25) is 0 Å². The number of fused-ring (bicyclic) bond motifs is 1. The van der Waals surface area contributed by atoms with Crippen molar-refractivity contribution in [2.45, 2.75) is 18.3 Å². The van der Waals surface area contributed by atoms with Gasteiger partial charge in [-0.25, -0.2) is 0 Å². The Balaban J connectivity index is 2.26. The Morgan fingerprint density at radius 2 is 2.18 bits per heavy atom. The van der Waals surface area contributed by atoms with E-state index in [1.54, 1.807) is 6.20 Å². The van der Waals surface area contributed by atoms with Gasteiger partial charge in [-0.3, -0.25) is 9.89 Å². The van der Waals surface area contributed by atoms with E-state index < -0.39 is 5.41 Å². The zero-order valence-corrected chi connectivity index (χ0v) is 9.31. The monoisotopic (exact) mass is 227 g/mol. The highest BCUT2D eigenvalue weighted by Crippen LogP contribution is 2.42. The first kappa shape index (κ1) is 10.1. The van der Waals surface area contributed by atoms with Crippen LogP contribution in [0.4, 0.5) is 0 Å². The lowest BCUT2D eigenvalue weighted by molar-refractivity contribution is -0.122. The summed E-state index contributed by atoms with van der Waals surface area (Å²) in [5.41, 5.74) is 7.92. The van der Waals surface area contributed by atoms with Gasteiger partial charge in [-0.1, -0.05) is 24.3 Å². The van der Waals surface area contributed by atoms with Crippen molar-refractivity contribution in [3.05, 3.63) is 53.3 Å². The molecule has 0 fully saturated rings. The Morgan fingerprint density at radius 3 is 2.88 bits per heavy atom. The highest BCUT2D eigenvalue weighted by Gasteiger charge is 2.46. The van der Waals surface area contributed by atoms with E-state index in [4.69, 9.17) is 5.73 Å². The molecule has 1 aliphatic rings. The number of nitrogens with zero attached hydrogens (tertiary/aromatic N) is 1. The molecule has 1 unspecified atom stereocenters. The van der Waals surface area contributed by atoms with Crippen LogP contribution < -0.4 is 5.73 Å². The molecule has 0 radical (unpaired) electrons. The molecule has 0 spiro atoms. The third-order valence-corrected chi connectivity index (χ3v) is 3.63. The number of aromatic amines is 1. The number of H-pyrrole nitrogens is 1.